The first-order valence-electron chi connectivity index (χ1n) is 3.98. The summed E-state index contributed by atoms with van der Waals surface area (Å²) in [5.41, 5.74) is 1.99. The summed E-state index contributed by atoms with van der Waals surface area (Å²) < 4.78 is 5.28. The van der Waals surface area contributed by atoms with Crippen LogP contribution in [0.5, 0.6) is 0 Å². The number of hydrogen-bond acceptors (Lipinski definition) is 4. The average molecular weight is 217 g/mol. The second-order valence-corrected chi connectivity index (χ2v) is 3.86. The van der Waals surface area contributed by atoms with Crippen LogP contribution in [0.15, 0.2) is 5.16 Å². The Bertz CT molecular complexity index is 332. The number of fused-ring (bicyclic) bond motifs is 1. The monoisotopic (exact) mass is 216 g/mol. The number of halogens is 1. The molecular weight excluding hydrogens is 208 g/mol. The van der Waals surface area contributed by atoms with Gasteiger partial charge in [0.2, 0.25) is 0 Å². The fourth-order valence-corrected chi connectivity index (χ4v) is 1.94. The van der Waals surface area contributed by atoms with E-state index in [-0.39, 0.29) is 0 Å². The van der Waals surface area contributed by atoms with Crippen LogP contribution in [0.2, 0.25) is 5.15 Å². The summed E-state index contributed by atoms with van der Waals surface area (Å²) in [4.78, 5) is 8.52. The van der Waals surface area contributed by atoms with Crippen molar-refractivity contribution in [3.63, 3.8) is 0 Å². The van der Waals surface area contributed by atoms with E-state index >= 15 is 0 Å². The SMILES string of the molecule is CSc1nc(Cl)c2c(n1)CCOC2. The molecule has 0 saturated carbocycles. The molecule has 0 fully saturated rings. The van der Waals surface area contributed by atoms with E-state index in [0.717, 1.165) is 29.4 Å². The number of nitrogens with zero attached hydrogens (tertiary/aromatic N) is 2. The zero-order valence-electron chi connectivity index (χ0n) is 7.21. The van der Waals surface area contributed by atoms with E-state index in [0.29, 0.717) is 11.8 Å². The summed E-state index contributed by atoms with van der Waals surface area (Å²) in [6, 6.07) is 0. The van der Waals surface area contributed by atoms with Crippen molar-refractivity contribution < 1.29 is 4.74 Å². The van der Waals surface area contributed by atoms with Gasteiger partial charge in [-0.2, -0.15) is 0 Å². The topological polar surface area (TPSA) is 35.0 Å². The van der Waals surface area contributed by atoms with Gasteiger partial charge in [0.05, 0.1) is 18.9 Å². The van der Waals surface area contributed by atoms with Gasteiger partial charge in [0.15, 0.2) is 5.16 Å². The van der Waals surface area contributed by atoms with Crippen LogP contribution in [0, 0.1) is 0 Å². The molecule has 3 nitrogen and oxygen atoms in total. The highest BCUT2D eigenvalue weighted by molar-refractivity contribution is 7.98. The minimum absolute atomic E-state index is 0.536. The number of rotatable bonds is 1. The molecule has 13 heavy (non-hydrogen) atoms. The molecule has 1 aliphatic rings. The first kappa shape index (κ1) is 9.24. The molecule has 70 valence electrons. The summed E-state index contributed by atoms with van der Waals surface area (Å²) in [7, 11) is 0. The van der Waals surface area contributed by atoms with E-state index in [1.54, 1.807) is 0 Å². The van der Waals surface area contributed by atoms with E-state index in [4.69, 9.17) is 16.3 Å². The number of aromatic nitrogens is 2. The van der Waals surface area contributed by atoms with Gasteiger partial charge >= 0.3 is 0 Å². The van der Waals surface area contributed by atoms with Crippen LogP contribution in [0.3, 0.4) is 0 Å². The normalized spacial score (nSPS) is 15.5. The maximum atomic E-state index is 5.98. The van der Waals surface area contributed by atoms with Gasteiger partial charge in [-0.05, 0) is 6.26 Å². The molecule has 0 N–H and O–H groups in total. The Kier molecular flexibility index (Phi) is 2.71. The summed E-state index contributed by atoms with van der Waals surface area (Å²) in [5, 5.41) is 1.28. The predicted molar refractivity (Wildman–Crippen MR) is 52.2 cm³/mol. The van der Waals surface area contributed by atoms with Crippen LogP contribution in [0.4, 0.5) is 0 Å². The van der Waals surface area contributed by atoms with Crippen LogP contribution >= 0.6 is 23.4 Å². The van der Waals surface area contributed by atoms with E-state index in [2.05, 4.69) is 9.97 Å². The van der Waals surface area contributed by atoms with E-state index in [9.17, 15) is 0 Å². The van der Waals surface area contributed by atoms with Crippen LogP contribution in [-0.2, 0) is 17.8 Å². The molecule has 1 aromatic heterocycles. The quantitative estimate of drug-likeness (QED) is 0.408. The molecule has 5 heteroatoms. The molecule has 0 unspecified atom stereocenters. The van der Waals surface area contributed by atoms with E-state index in [1.807, 2.05) is 6.26 Å². The lowest BCUT2D eigenvalue weighted by Gasteiger charge is -2.16. The molecule has 0 radical (unpaired) electrons. The molecule has 0 amide bonds. The molecule has 1 aliphatic heterocycles. The maximum Gasteiger partial charge on any atom is 0.188 e. The molecule has 0 aliphatic carbocycles. The van der Waals surface area contributed by atoms with Crippen molar-refractivity contribution in [2.24, 2.45) is 0 Å². The predicted octanol–water partition coefficient (Wildman–Crippen LogP) is 1.92. The van der Waals surface area contributed by atoms with Crippen molar-refractivity contribution in [1.29, 1.82) is 0 Å². The van der Waals surface area contributed by atoms with E-state index in [1.165, 1.54) is 11.8 Å². The minimum Gasteiger partial charge on any atom is -0.376 e. The Labute approximate surface area is 85.9 Å². The zero-order valence-corrected chi connectivity index (χ0v) is 8.78. The van der Waals surface area contributed by atoms with Crippen molar-refractivity contribution in [3.05, 3.63) is 16.4 Å². The fraction of sp³-hybridized carbons (Fsp3) is 0.500. The summed E-state index contributed by atoms with van der Waals surface area (Å²) >= 11 is 7.49. The Balaban J connectivity index is 2.47. The Hall–Kier alpha value is -0.320. The van der Waals surface area contributed by atoms with Gasteiger partial charge in [-0.3, -0.25) is 0 Å². The van der Waals surface area contributed by atoms with Crippen molar-refractivity contribution in [2.45, 2.75) is 18.2 Å². The molecule has 2 heterocycles. The Morgan fingerprint density at radius 2 is 2.31 bits per heavy atom. The fourth-order valence-electron chi connectivity index (χ4n) is 1.26. The second-order valence-electron chi connectivity index (χ2n) is 2.73. The van der Waals surface area contributed by atoms with Crippen molar-refractivity contribution in [2.75, 3.05) is 12.9 Å². The largest absolute Gasteiger partial charge is 0.376 e. The average Bonchev–Trinajstić information content (AvgIpc) is 2.18. The molecule has 1 aromatic rings. The van der Waals surface area contributed by atoms with Gasteiger partial charge in [-0.1, -0.05) is 23.4 Å². The minimum atomic E-state index is 0.536. The molecule has 0 atom stereocenters. The molecule has 0 spiro atoms. The first-order chi connectivity index (χ1) is 6.31. The van der Waals surface area contributed by atoms with Crippen molar-refractivity contribution >= 4 is 23.4 Å². The van der Waals surface area contributed by atoms with Crippen LogP contribution < -0.4 is 0 Å². The summed E-state index contributed by atoms with van der Waals surface area (Å²) in [6.07, 6.45) is 2.78. The third kappa shape index (κ3) is 1.80. The lowest BCUT2D eigenvalue weighted by atomic mass is 10.1. The highest BCUT2D eigenvalue weighted by Gasteiger charge is 2.16. The van der Waals surface area contributed by atoms with Crippen molar-refractivity contribution in [1.82, 2.24) is 9.97 Å². The summed E-state index contributed by atoms with van der Waals surface area (Å²) in [5.74, 6) is 0. The van der Waals surface area contributed by atoms with Crippen LogP contribution in [-0.4, -0.2) is 22.8 Å². The Morgan fingerprint density at radius 1 is 1.46 bits per heavy atom. The number of hydrogen-bond donors (Lipinski definition) is 0. The highest BCUT2D eigenvalue weighted by atomic mass is 35.5. The molecular formula is C8H9ClN2OS. The van der Waals surface area contributed by atoms with Gasteiger partial charge in [0.25, 0.3) is 0 Å². The van der Waals surface area contributed by atoms with Gasteiger partial charge < -0.3 is 4.74 Å². The van der Waals surface area contributed by atoms with Gasteiger partial charge in [0.1, 0.15) is 5.15 Å². The standard InChI is InChI=1S/C8H9ClN2OS/c1-13-8-10-6-2-3-12-4-5(6)7(9)11-8/h2-4H2,1H3. The lowest BCUT2D eigenvalue weighted by molar-refractivity contribution is 0.108. The molecule has 0 bridgehead atoms. The maximum absolute atomic E-state index is 5.98. The lowest BCUT2D eigenvalue weighted by Crippen LogP contribution is -2.13. The van der Waals surface area contributed by atoms with Gasteiger partial charge in [0, 0.05) is 12.0 Å². The zero-order chi connectivity index (χ0) is 9.26. The highest BCUT2D eigenvalue weighted by Crippen LogP contribution is 2.24. The van der Waals surface area contributed by atoms with E-state index < -0.39 is 0 Å². The smallest absolute Gasteiger partial charge is 0.188 e. The third-order valence-corrected chi connectivity index (χ3v) is 2.79. The second kappa shape index (κ2) is 3.82. The van der Waals surface area contributed by atoms with Crippen LogP contribution in [0.25, 0.3) is 0 Å². The summed E-state index contributed by atoms with van der Waals surface area (Å²) in [6.45, 7) is 1.27. The molecule has 0 saturated heterocycles. The van der Waals surface area contributed by atoms with Crippen molar-refractivity contribution in [3.8, 4) is 0 Å². The number of ether oxygens (including phenoxy) is 1. The molecule has 0 aromatic carbocycles. The first-order valence-corrected chi connectivity index (χ1v) is 5.58. The Morgan fingerprint density at radius 3 is 3.08 bits per heavy atom. The van der Waals surface area contributed by atoms with Gasteiger partial charge in [-0.15, -0.1) is 0 Å². The van der Waals surface area contributed by atoms with Crippen LogP contribution in [0.1, 0.15) is 11.3 Å². The number of thioether (sulfide) groups is 1. The third-order valence-electron chi connectivity index (χ3n) is 1.93. The molecule has 2 rings (SSSR count). The van der Waals surface area contributed by atoms with Gasteiger partial charge in [-0.25, -0.2) is 9.97 Å².